The molecular formula is C62H31N5S3. The SMILES string of the molecule is [C-]#[N+]c1cc([N+]#[C-])c(-n2c3ccccc3c3c4sc5ccccc5c4ccc32)c(-n2c3ccccc3c3c4sc5ccccc5c4ccc32)c1-n1c2ccccc2c2c3sc4ccccc4c3ccc21. The topological polar surface area (TPSA) is 23.5 Å². The molecule has 8 heteroatoms. The number of nitrogens with zero attached hydrogens (tertiary/aromatic N) is 5. The molecule has 0 saturated carbocycles. The van der Waals surface area contributed by atoms with Crippen LogP contribution < -0.4 is 0 Å². The fourth-order valence-electron chi connectivity index (χ4n) is 11.9. The summed E-state index contributed by atoms with van der Waals surface area (Å²) in [6.07, 6.45) is 0. The lowest BCUT2D eigenvalue weighted by atomic mass is 10.1. The highest BCUT2D eigenvalue weighted by Gasteiger charge is 2.31. The molecular weight excluding hydrogens is 911 g/mol. The first-order valence-electron chi connectivity index (χ1n) is 23.2. The van der Waals surface area contributed by atoms with Gasteiger partial charge in [0.15, 0.2) is 0 Å². The van der Waals surface area contributed by atoms with Gasteiger partial charge < -0.3 is 13.7 Å². The van der Waals surface area contributed by atoms with Crippen molar-refractivity contribution in [1.29, 1.82) is 0 Å². The molecule has 0 N–H and O–H groups in total. The monoisotopic (exact) mass is 941 g/mol. The van der Waals surface area contributed by atoms with Crippen LogP contribution in [-0.4, -0.2) is 13.7 Å². The van der Waals surface area contributed by atoms with Gasteiger partial charge in [-0.25, -0.2) is 9.69 Å². The average Bonchev–Trinajstić information content (AvgIpc) is 4.26. The lowest BCUT2D eigenvalue weighted by Gasteiger charge is -2.24. The van der Waals surface area contributed by atoms with E-state index in [0.29, 0.717) is 11.4 Å². The maximum Gasteiger partial charge on any atom is 0.202 e. The van der Waals surface area contributed by atoms with E-state index in [-0.39, 0.29) is 0 Å². The van der Waals surface area contributed by atoms with Gasteiger partial charge in [-0.05, 0) is 60.7 Å². The fraction of sp³-hybridized carbons (Fsp3) is 0. The van der Waals surface area contributed by atoms with Crippen LogP contribution in [0.4, 0.5) is 11.4 Å². The lowest BCUT2D eigenvalue weighted by Crippen LogP contribution is -2.09. The normalized spacial score (nSPS) is 12.3. The van der Waals surface area contributed by atoms with Crippen LogP contribution in [0, 0.1) is 13.1 Å². The van der Waals surface area contributed by atoms with E-state index in [1.165, 1.54) is 60.5 Å². The van der Waals surface area contributed by atoms with Gasteiger partial charge in [-0.2, -0.15) is 0 Å². The minimum Gasteiger partial charge on any atom is -0.317 e. The highest BCUT2D eigenvalue weighted by atomic mass is 32.1. The minimum absolute atomic E-state index is 0.408. The largest absolute Gasteiger partial charge is 0.317 e. The van der Waals surface area contributed by atoms with E-state index < -0.39 is 0 Å². The molecule has 0 unspecified atom stereocenters. The molecule has 10 aromatic carbocycles. The Morgan fingerprint density at radius 1 is 0.286 bits per heavy atom. The van der Waals surface area contributed by atoms with Crippen LogP contribution in [0.1, 0.15) is 0 Å². The third kappa shape index (κ3) is 4.82. The third-order valence-corrected chi connectivity index (χ3v) is 18.3. The lowest BCUT2D eigenvalue weighted by molar-refractivity contribution is 1.06. The number of rotatable bonds is 3. The summed E-state index contributed by atoms with van der Waals surface area (Å²) in [6, 6.07) is 67.4. The molecule has 0 saturated heterocycles. The summed E-state index contributed by atoms with van der Waals surface area (Å²) in [5.41, 5.74) is 9.09. The number of hydrogen-bond acceptors (Lipinski definition) is 3. The molecule has 0 spiro atoms. The van der Waals surface area contributed by atoms with E-state index in [1.807, 2.05) is 40.1 Å². The first kappa shape index (κ1) is 38.2. The van der Waals surface area contributed by atoms with Crippen molar-refractivity contribution in [2.24, 2.45) is 0 Å². The summed E-state index contributed by atoms with van der Waals surface area (Å²) in [7, 11) is 0. The van der Waals surface area contributed by atoms with Gasteiger partial charge in [0.1, 0.15) is 0 Å². The van der Waals surface area contributed by atoms with Gasteiger partial charge in [0, 0.05) is 92.8 Å². The molecule has 6 aromatic heterocycles. The van der Waals surface area contributed by atoms with Gasteiger partial charge in [-0.1, -0.05) is 127 Å². The van der Waals surface area contributed by atoms with Crippen molar-refractivity contribution in [3.8, 4) is 17.1 Å². The van der Waals surface area contributed by atoms with Gasteiger partial charge in [0.05, 0.1) is 63.3 Å². The van der Waals surface area contributed by atoms with Crippen molar-refractivity contribution in [2.75, 3.05) is 0 Å². The number of para-hydroxylation sites is 3. The quantitative estimate of drug-likeness (QED) is 0.158. The number of aromatic nitrogens is 3. The van der Waals surface area contributed by atoms with Crippen LogP contribution in [0.15, 0.2) is 188 Å². The fourth-order valence-corrected chi connectivity index (χ4v) is 15.6. The zero-order valence-corrected chi connectivity index (χ0v) is 39.3. The maximum atomic E-state index is 9.15. The number of benzene rings is 10. The predicted octanol–water partition coefficient (Wildman–Crippen LogP) is 19.2. The average molecular weight is 942 g/mol. The van der Waals surface area contributed by atoms with Gasteiger partial charge >= 0.3 is 0 Å². The Kier molecular flexibility index (Phi) is 7.60. The van der Waals surface area contributed by atoms with Gasteiger partial charge in [-0.15, -0.1) is 34.0 Å². The Morgan fingerprint density at radius 3 is 0.929 bits per heavy atom. The van der Waals surface area contributed by atoms with E-state index in [9.17, 15) is 0 Å². The van der Waals surface area contributed by atoms with E-state index in [0.717, 1.165) is 82.5 Å². The molecule has 16 aromatic rings. The molecule has 0 amide bonds. The second-order valence-corrected chi connectivity index (χ2v) is 21.2. The second-order valence-electron chi connectivity index (χ2n) is 18.0. The van der Waals surface area contributed by atoms with Crippen molar-refractivity contribution in [3.63, 3.8) is 0 Å². The van der Waals surface area contributed by atoms with Crippen LogP contribution in [0.3, 0.4) is 0 Å². The van der Waals surface area contributed by atoms with Gasteiger partial charge in [0.25, 0.3) is 0 Å². The number of hydrogen-bond donors (Lipinski definition) is 0. The first-order valence-corrected chi connectivity index (χ1v) is 25.6. The van der Waals surface area contributed by atoms with Crippen LogP contribution in [0.2, 0.25) is 0 Å². The van der Waals surface area contributed by atoms with Gasteiger partial charge in [-0.3, -0.25) is 0 Å². The molecule has 6 heterocycles. The second kappa shape index (κ2) is 13.9. The van der Waals surface area contributed by atoms with Crippen molar-refractivity contribution in [1.82, 2.24) is 13.7 Å². The van der Waals surface area contributed by atoms with Crippen molar-refractivity contribution in [3.05, 3.63) is 211 Å². The van der Waals surface area contributed by atoms with Crippen LogP contribution in [0.5, 0.6) is 0 Å². The highest BCUT2D eigenvalue weighted by Crippen LogP contribution is 2.53. The number of fused-ring (bicyclic) bond motifs is 21. The number of thiophene rings is 3. The molecule has 0 aliphatic heterocycles. The Hall–Kier alpha value is -8.76. The molecule has 0 aliphatic rings. The Balaban J connectivity index is 1.16. The summed E-state index contributed by atoms with van der Waals surface area (Å²) in [5.74, 6) is 0. The molecule has 0 fully saturated rings. The Labute approximate surface area is 410 Å². The summed E-state index contributed by atoms with van der Waals surface area (Å²) in [4.78, 5) is 8.87. The summed E-state index contributed by atoms with van der Waals surface area (Å²) in [5, 5.41) is 14.2. The summed E-state index contributed by atoms with van der Waals surface area (Å²) in [6.45, 7) is 18.3. The molecule has 16 rings (SSSR count). The van der Waals surface area contributed by atoms with Crippen LogP contribution in [-0.2, 0) is 0 Å². The molecule has 5 nitrogen and oxygen atoms in total. The van der Waals surface area contributed by atoms with Crippen LogP contribution >= 0.6 is 34.0 Å². The third-order valence-electron chi connectivity index (χ3n) is 14.7. The Bertz CT molecular complexity index is 4890. The van der Waals surface area contributed by atoms with Gasteiger partial charge in [0.2, 0.25) is 11.4 Å². The van der Waals surface area contributed by atoms with E-state index >= 15 is 0 Å². The molecule has 0 aliphatic carbocycles. The predicted molar refractivity (Wildman–Crippen MR) is 301 cm³/mol. The summed E-state index contributed by atoms with van der Waals surface area (Å²) < 4.78 is 14.4. The molecule has 0 radical (unpaired) electrons. The molecule has 70 heavy (non-hydrogen) atoms. The van der Waals surface area contributed by atoms with Crippen molar-refractivity contribution >= 4 is 171 Å². The zero-order valence-electron chi connectivity index (χ0n) is 36.9. The maximum absolute atomic E-state index is 9.15. The van der Waals surface area contributed by atoms with Crippen molar-refractivity contribution in [2.45, 2.75) is 0 Å². The van der Waals surface area contributed by atoms with E-state index in [2.05, 4.69) is 205 Å². The molecule has 0 atom stereocenters. The first-order chi connectivity index (χ1) is 34.7. The Morgan fingerprint density at radius 2 is 0.586 bits per heavy atom. The highest BCUT2D eigenvalue weighted by molar-refractivity contribution is 7.27. The van der Waals surface area contributed by atoms with E-state index in [1.54, 1.807) is 0 Å². The smallest absolute Gasteiger partial charge is 0.202 e. The van der Waals surface area contributed by atoms with Crippen LogP contribution in [0.25, 0.3) is 153 Å². The van der Waals surface area contributed by atoms with E-state index in [4.69, 9.17) is 13.1 Å². The minimum atomic E-state index is 0.408. The van der Waals surface area contributed by atoms with Crippen molar-refractivity contribution < 1.29 is 0 Å². The zero-order chi connectivity index (χ0) is 45.9. The molecule has 0 bridgehead atoms. The molecule has 322 valence electrons. The summed E-state index contributed by atoms with van der Waals surface area (Å²) >= 11 is 5.48. The standard InChI is InChI=1S/C62H31N5S3/c1-63-43-33-44(64-2)58(66-46-22-10-4-19-41(46)55-49(66)31-28-38-35-16-7-13-25-52(35)69-61(38)55)59(67-47-23-11-5-20-42(47)56-50(67)32-29-39-36-17-8-14-26-53(36)70-62(39)56)57(43)65-45-21-9-3-18-40(45)54-48(65)30-27-37-34-15-6-12-24-51(34)68-60(37)54/h3-33H.